The van der Waals surface area contributed by atoms with Crippen LogP contribution in [0.4, 0.5) is 5.13 Å². The zero-order chi connectivity index (χ0) is 15.6. The van der Waals surface area contributed by atoms with Crippen LogP contribution in [-0.4, -0.2) is 49.7 Å². The van der Waals surface area contributed by atoms with Gasteiger partial charge in [-0.25, -0.2) is 4.98 Å². The number of anilines is 1. The molecule has 0 aliphatic carbocycles. The van der Waals surface area contributed by atoms with Gasteiger partial charge >= 0.3 is 0 Å². The normalized spacial score (nSPS) is 23.3. The number of ether oxygens (including phenoxy) is 1. The van der Waals surface area contributed by atoms with Gasteiger partial charge in [0.25, 0.3) is 0 Å². The van der Waals surface area contributed by atoms with Crippen LogP contribution in [0.3, 0.4) is 0 Å². The lowest BCUT2D eigenvalue weighted by Gasteiger charge is -2.29. The van der Waals surface area contributed by atoms with Gasteiger partial charge in [-0.3, -0.25) is 0 Å². The molecule has 0 amide bonds. The number of piperidine rings is 1. The van der Waals surface area contributed by atoms with Crippen LogP contribution in [0.1, 0.15) is 12.8 Å². The summed E-state index contributed by atoms with van der Waals surface area (Å²) in [5, 5.41) is 1.17. The molecule has 2 aliphatic rings. The second kappa shape index (κ2) is 7.53. The van der Waals surface area contributed by atoms with Crippen LogP contribution in [0.25, 0.3) is 10.4 Å². The van der Waals surface area contributed by atoms with Gasteiger partial charge < -0.3 is 14.5 Å². The van der Waals surface area contributed by atoms with Crippen LogP contribution in [0.2, 0.25) is 0 Å². The lowest BCUT2D eigenvalue weighted by atomic mass is 9.99. The summed E-state index contributed by atoms with van der Waals surface area (Å²) in [6, 6.07) is 8.24. The Kier molecular flexibility index (Phi) is 5.41. The van der Waals surface area contributed by atoms with E-state index in [4.69, 9.17) is 9.72 Å². The highest BCUT2D eigenvalue weighted by atomic mass is 32.1. The summed E-state index contributed by atoms with van der Waals surface area (Å²) in [6.45, 7) is 5.98. The molecular weight excluding hydrogens is 318 g/mol. The number of fused-ring (bicyclic) bond motifs is 2. The van der Waals surface area contributed by atoms with Crippen molar-refractivity contribution in [2.24, 2.45) is 5.92 Å². The molecule has 128 valence electrons. The van der Waals surface area contributed by atoms with Gasteiger partial charge in [0.05, 0.1) is 12.0 Å². The number of hydrogen-bond acceptors (Lipinski definition) is 5. The Balaban J connectivity index is 0.00000169. The highest BCUT2D eigenvalue weighted by Gasteiger charge is 2.27. The van der Waals surface area contributed by atoms with E-state index < -0.39 is 0 Å². The van der Waals surface area contributed by atoms with Gasteiger partial charge in [-0.1, -0.05) is 18.8 Å². The van der Waals surface area contributed by atoms with Crippen LogP contribution in [-0.2, 0) is 0 Å². The minimum absolute atomic E-state index is 0. The van der Waals surface area contributed by atoms with E-state index in [1.807, 2.05) is 18.3 Å². The molecule has 1 aromatic carbocycles. The van der Waals surface area contributed by atoms with Crippen molar-refractivity contribution in [3.63, 3.8) is 0 Å². The first-order chi connectivity index (χ1) is 11.3. The number of aromatic nitrogens is 1. The Morgan fingerprint density at radius 3 is 2.75 bits per heavy atom. The Labute approximate surface area is 149 Å². The first kappa shape index (κ1) is 17.2. The molecule has 0 saturated carbocycles. The van der Waals surface area contributed by atoms with Crippen molar-refractivity contribution in [3.05, 3.63) is 37.9 Å². The molecule has 2 atom stereocenters. The molecule has 0 N–H and O–H groups in total. The van der Waals surface area contributed by atoms with E-state index in [-0.39, 0.29) is 7.43 Å². The summed E-state index contributed by atoms with van der Waals surface area (Å²) in [4.78, 5) is 11.1. The SMILES string of the molecule is COc1ccc(-c2cnc(N3CCN4CCCC(C4)C3)s2)cc1.[CH2]. The first-order valence-corrected chi connectivity index (χ1v) is 9.21. The summed E-state index contributed by atoms with van der Waals surface area (Å²) in [6.07, 6.45) is 4.73. The molecule has 2 fully saturated rings. The number of methoxy groups -OCH3 is 1. The van der Waals surface area contributed by atoms with Crippen molar-refractivity contribution in [1.29, 1.82) is 0 Å². The fourth-order valence-electron chi connectivity index (χ4n) is 3.64. The van der Waals surface area contributed by atoms with Gasteiger partial charge in [-0.15, -0.1) is 0 Å². The maximum atomic E-state index is 5.23. The van der Waals surface area contributed by atoms with E-state index in [2.05, 4.69) is 21.9 Å². The van der Waals surface area contributed by atoms with Gasteiger partial charge in [0, 0.05) is 32.4 Å². The Bertz CT molecular complexity index is 655. The maximum absolute atomic E-state index is 5.23. The van der Waals surface area contributed by atoms with Crippen molar-refractivity contribution in [1.82, 2.24) is 9.88 Å². The highest BCUT2D eigenvalue weighted by molar-refractivity contribution is 7.18. The van der Waals surface area contributed by atoms with E-state index >= 15 is 0 Å². The lowest BCUT2D eigenvalue weighted by Crippen LogP contribution is -2.35. The van der Waals surface area contributed by atoms with Gasteiger partial charge in [0.1, 0.15) is 5.75 Å². The number of hydrogen-bond donors (Lipinski definition) is 0. The van der Waals surface area contributed by atoms with E-state index in [1.54, 1.807) is 18.4 Å². The molecule has 1 aromatic heterocycles. The summed E-state index contributed by atoms with van der Waals surface area (Å²) in [5.74, 6) is 1.70. The largest absolute Gasteiger partial charge is 0.497 e. The van der Waals surface area contributed by atoms with Crippen LogP contribution >= 0.6 is 11.3 Å². The molecule has 2 unspecified atom stereocenters. The van der Waals surface area contributed by atoms with Crippen molar-refractivity contribution in [2.75, 3.05) is 44.7 Å². The lowest BCUT2D eigenvalue weighted by molar-refractivity contribution is 0.201. The average Bonchev–Trinajstić information content (AvgIpc) is 3.04. The van der Waals surface area contributed by atoms with E-state index in [0.29, 0.717) is 0 Å². The number of nitrogens with zero attached hydrogens (tertiary/aromatic N) is 3. The van der Waals surface area contributed by atoms with Crippen LogP contribution < -0.4 is 9.64 Å². The summed E-state index contributed by atoms with van der Waals surface area (Å²) >= 11 is 1.80. The summed E-state index contributed by atoms with van der Waals surface area (Å²) in [7, 11) is 1.70. The molecule has 2 aliphatic heterocycles. The fraction of sp³-hybridized carbons (Fsp3) is 0.474. The van der Waals surface area contributed by atoms with Crippen LogP contribution in [0, 0.1) is 13.3 Å². The predicted molar refractivity (Wildman–Crippen MR) is 101 cm³/mol. The molecular formula is C19H25N3OS. The third-order valence-corrected chi connectivity index (χ3v) is 6.01. The van der Waals surface area contributed by atoms with Crippen molar-refractivity contribution >= 4 is 16.5 Å². The first-order valence-electron chi connectivity index (χ1n) is 8.39. The molecule has 2 saturated heterocycles. The van der Waals surface area contributed by atoms with Gasteiger partial charge in [-0.05, 0) is 55.1 Å². The summed E-state index contributed by atoms with van der Waals surface area (Å²) < 4.78 is 5.23. The minimum atomic E-state index is 0. The van der Waals surface area contributed by atoms with Crippen molar-refractivity contribution in [2.45, 2.75) is 12.8 Å². The third kappa shape index (κ3) is 3.57. The number of benzene rings is 1. The zero-order valence-electron chi connectivity index (χ0n) is 14.3. The van der Waals surface area contributed by atoms with Crippen LogP contribution in [0.5, 0.6) is 5.75 Å². The van der Waals surface area contributed by atoms with Crippen molar-refractivity contribution in [3.8, 4) is 16.2 Å². The second-order valence-corrected chi connectivity index (χ2v) is 7.50. The number of thiazole rings is 1. The second-order valence-electron chi connectivity index (χ2n) is 6.49. The molecule has 2 bridgehead atoms. The molecule has 4 rings (SSSR count). The number of rotatable bonds is 3. The summed E-state index contributed by atoms with van der Waals surface area (Å²) in [5.41, 5.74) is 1.21. The van der Waals surface area contributed by atoms with Gasteiger partial charge in [0.15, 0.2) is 5.13 Å². The van der Waals surface area contributed by atoms with Gasteiger partial charge in [0.2, 0.25) is 0 Å². The molecule has 24 heavy (non-hydrogen) atoms. The smallest absolute Gasteiger partial charge is 0.185 e. The van der Waals surface area contributed by atoms with E-state index in [0.717, 1.165) is 24.8 Å². The molecule has 0 spiro atoms. The molecule has 2 radical (unpaired) electrons. The standard InChI is InChI=1S/C18H23N3OS.CH2/c1-22-16-6-4-15(5-7-16)17-11-19-18(23-17)21-10-9-20-8-2-3-14(12-20)13-21;/h4-7,11,14H,2-3,8-10,12-13H2,1H3;1H2. The molecule has 3 heterocycles. The molecule has 5 heteroatoms. The zero-order valence-corrected chi connectivity index (χ0v) is 15.1. The third-order valence-electron chi connectivity index (χ3n) is 4.91. The monoisotopic (exact) mass is 343 g/mol. The van der Waals surface area contributed by atoms with Gasteiger partial charge in [-0.2, -0.15) is 0 Å². The Morgan fingerprint density at radius 2 is 1.96 bits per heavy atom. The fourth-order valence-corrected chi connectivity index (χ4v) is 4.60. The minimum Gasteiger partial charge on any atom is -0.497 e. The maximum Gasteiger partial charge on any atom is 0.185 e. The van der Waals surface area contributed by atoms with Crippen molar-refractivity contribution < 1.29 is 4.74 Å². The Morgan fingerprint density at radius 1 is 1.12 bits per heavy atom. The van der Waals surface area contributed by atoms with Crippen LogP contribution in [0.15, 0.2) is 30.5 Å². The van der Waals surface area contributed by atoms with E-state index in [1.165, 1.54) is 48.0 Å². The highest BCUT2D eigenvalue weighted by Crippen LogP contribution is 2.33. The quantitative estimate of drug-likeness (QED) is 0.850. The Hall–Kier alpha value is -1.59. The topological polar surface area (TPSA) is 28.6 Å². The van der Waals surface area contributed by atoms with E-state index in [9.17, 15) is 0 Å². The molecule has 2 aromatic rings. The average molecular weight is 343 g/mol. The molecule has 4 nitrogen and oxygen atoms in total. The predicted octanol–water partition coefficient (Wildman–Crippen LogP) is 3.68.